The number of carbonyl (C=O) groups excluding carboxylic acids is 1. The topological polar surface area (TPSA) is 219 Å². The molecule has 4 aliphatic rings. The molecule has 10 atom stereocenters. The van der Waals surface area contributed by atoms with Gasteiger partial charge in [-0.05, 0) is 11.8 Å². The third kappa shape index (κ3) is 5.59. The first kappa shape index (κ1) is 31.1. The van der Waals surface area contributed by atoms with Crippen LogP contribution in [0.4, 0.5) is 10.2 Å². The number of hydrogen-bond donors (Lipinski definition) is 2. The highest BCUT2D eigenvalue weighted by Crippen LogP contribution is 2.54. The lowest BCUT2D eigenvalue weighted by molar-refractivity contribution is -0.0608. The minimum atomic E-state index is -4.51. The molecule has 18 nitrogen and oxygen atoms in total. The van der Waals surface area contributed by atoms with Crippen molar-refractivity contribution in [2.45, 2.75) is 49.1 Å². The molecule has 3 aromatic rings. The van der Waals surface area contributed by atoms with Crippen molar-refractivity contribution >= 4 is 62.5 Å². The Morgan fingerprint density at radius 1 is 1.09 bits per heavy atom. The summed E-state index contributed by atoms with van der Waals surface area (Å²) < 4.78 is 72.3. The van der Waals surface area contributed by atoms with Crippen LogP contribution in [0.1, 0.15) is 28.6 Å². The SMILES string of the molecule is [B]P1(=O)OC[C@H]2O[C@@H](n3cnc4c3C=NCC4=O)[C@@H](OC)C2OP(O)(=S)OC[C@H]2O[C@@H](n3cnc4c(N)ncnc43)C(F)[C@H]2O1. The molecule has 7 heterocycles. The number of aliphatic imine (C=N–C) groups is 1. The van der Waals surface area contributed by atoms with Gasteiger partial charge in [0.1, 0.15) is 54.6 Å². The van der Waals surface area contributed by atoms with Crippen LogP contribution in [0.15, 0.2) is 24.0 Å². The Labute approximate surface area is 259 Å². The van der Waals surface area contributed by atoms with Crippen LogP contribution in [-0.2, 0) is 48.7 Å². The molecule has 3 N–H and O–H groups in total. The van der Waals surface area contributed by atoms with Crippen molar-refractivity contribution < 1.29 is 50.9 Å². The Morgan fingerprint density at radius 2 is 1.82 bits per heavy atom. The first-order chi connectivity index (χ1) is 21.5. The summed E-state index contributed by atoms with van der Waals surface area (Å²) in [5.41, 5.74) is 6.77. The Morgan fingerprint density at radius 3 is 2.62 bits per heavy atom. The summed E-state index contributed by atoms with van der Waals surface area (Å²) in [5, 5.41) is 0. The van der Waals surface area contributed by atoms with Gasteiger partial charge in [0.15, 0.2) is 30.1 Å². The summed E-state index contributed by atoms with van der Waals surface area (Å²) in [6, 6.07) is 0. The molecule has 238 valence electrons. The van der Waals surface area contributed by atoms with E-state index in [0.29, 0.717) is 5.69 Å². The van der Waals surface area contributed by atoms with E-state index in [9.17, 15) is 14.3 Å². The quantitative estimate of drug-likeness (QED) is 0.281. The molecule has 3 saturated heterocycles. The third-order valence-corrected chi connectivity index (χ3v) is 10.3. The van der Waals surface area contributed by atoms with Crippen molar-refractivity contribution in [1.29, 1.82) is 0 Å². The Hall–Kier alpha value is -2.55. The number of halogens is 1. The van der Waals surface area contributed by atoms with Crippen molar-refractivity contribution in [2.24, 2.45) is 4.99 Å². The fourth-order valence-electron chi connectivity index (χ4n) is 5.61. The monoisotopic (exact) mass is 684 g/mol. The van der Waals surface area contributed by atoms with Gasteiger partial charge in [0, 0.05) is 13.3 Å². The molecule has 3 aromatic heterocycles. The van der Waals surface area contributed by atoms with Gasteiger partial charge in [-0.1, -0.05) is 0 Å². The van der Waals surface area contributed by atoms with Gasteiger partial charge in [-0.15, -0.1) is 0 Å². The lowest BCUT2D eigenvalue weighted by atomic mass is 10.1. The maximum atomic E-state index is 16.0. The van der Waals surface area contributed by atoms with Crippen LogP contribution in [-0.4, -0.2) is 117 Å². The number of aromatic nitrogens is 6. The number of anilines is 1. The van der Waals surface area contributed by atoms with E-state index in [-0.39, 0.29) is 35.0 Å². The number of methoxy groups -OCH3 is 1. The number of ether oxygens (including phenoxy) is 3. The Bertz CT molecular complexity index is 1780. The number of carbonyl (C=O) groups is 1. The van der Waals surface area contributed by atoms with Gasteiger partial charge < -0.3 is 38.4 Å². The number of nitrogens with two attached hydrogens (primary N) is 1. The summed E-state index contributed by atoms with van der Waals surface area (Å²) in [7, 11) is 2.78. The molecule has 7 rings (SSSR count). The maximum absolute atomic E-state index is 16.0. The zero-order chi connectivity index (χ0) is 31.7. The fourth-order valence-corrected chi connectivity index (χ4v) is 8.06. The Kier molecular flexibility index (Phi) is 8.01. The van der Waals surface area contributed by atoms with E-state index in [1.165, 1.54) is 41.4 Å². The summed E-state index contributed by atoms with van der Waals surface area (Å²) >= 11 is 5.29. The van der Waals surface area contributed by atoms with Crippen LogP contribution >= 0.6 is 14.2 Å². The Balaban J connectivity index is 1.17. The first-order valence-electron chi connectivity index (χ1n) is 13.3. The predicted molar refractivity (Wildman–Crippen MR) is 154 cm³/mol. The minimum Gasteiger partial charge on any atom is -0.382 e. The van der Waals surface area contributed by atoms with Gasteiger partial charge in [0.05, 0.1) is 31.6 Å². The van der Waals surface area contributed by atoms with Crippen molar-refractivity contribution in [1.82, 2.24) is 29.1 Å². The summed E-state index contributed by atoms with van der Waals surface area (Å²) in [5.74, 6) is -0.223. The van der Waals surface area contributed by atoms with E-state index in [0.717, 1.165) is 0 Å². The number of rotatable bonds is 3. The van der Waals surface area contributed by atoms with E-state index in [2.05, 4.69) is 24.9 Å². The lowest BCUT2D eigenvalue weighted by Gasteiger charge is -2.30. The third-order valence-electron chi connectivity index (χ3n) is 7.65. The number of fused-ring (bicyclic) bond motifs is 4. The smallest absolute Gasteiger partial charge is 0.325 e. The fraction of sp³-hybridized carbons (Fsp3) is 0.545. The minimum absolute atomic E-state index is 0.0455. The van der Waals surface area contributed by atoms with E-state index in [1.54, 1.807) is 0 Å². The number of imidazole rings is 2. The second-order valence-electron chi connectivity index (χ2n) is 10.4. The van der Waals surface area contributed by atoms with Crippen LogP contribution in [0, 0.1) is 0 Å². The molecule has 0 aliphatic carbocycles. The van der Waals surface area contributed by atoms with Gasteiger partial charge in [-0.25, -0.2) is 24.3 Å². The molecule has 4 aliphatic heterocycles. The van der Waals surface area contributed by atoms with Crippen LogP contribution in [0.5, 0.6) is 0 Å². The van der Waals surface area contributed by atoms with Crippen molar-refractivity contribution in [3.05, 3.63) is 30.4 Å². The molecular weight excluding hydrogens is 660 g/mol. The van der Waals surface area contributed by atoms with Gasteiger partial charge >= 0.3 is 6.72 Å². The highest BCUT2D eigenvalue weighted by molar-refractivity contribution is 8.07. The van der Waals surface area contributed by atoms with Crippen molar-refractivity contribution in [3.8, 4) is 0 Å². The van der Waals surface area contributed by atoms with Crippen LogP contribution in [0.25, 0.3) is 11.2 Å². The van der Waals surface area contributed by atoms with Gasteiger partial charge in [-0.2, -0.15) is 0 Å². The molecule has 23 heteroatoms. The molecule has 45 heavy (non-hydrogen) atoms. The molecule has 2 radical (unpaired) electrons. The van der Waals surface area contributed by atoms with E-state index < -0.39 is 76.6 Å². The van der Waals surface area contributed by atoms with Crippen LogP contribution in [0.2, 0.25) is 0 Å². The van der Waals surface area contributed by atoms with E-state index in [1.807, 2.05) is 0 Å². The molecule has 0 amide bonds. The molecule has 3 fully saturated rings. The normalized spacial score (nSPS) is 38.8. The zero-order valence-electron chi connectivity index (χ0n) is 23.1. The van der Waals surface area contributed by atoms with E-state index in [4.69, 9.17) is 57.4 Å². The zero-order valence-corrected chi connectivity index (χ0v) is 25.7. The largest absolute Gasteiger partial charge is 0.382 e. The molecule has 4 unspecified atom stereocenters. The predicted octanol–water partition coefficient (Wildman–Crippen LogP) is 0.379. The van der Waals surface area contributed by atoms with Crippen LogP contribution in [0.3, 0.4) is 0 Å². The standard InChI is InChI=1S/C22H24BFN8O10P2S/c1-36-18-17-12(40-22(18)31-7-29-14-9(31)2-26-3-10(14)33)4-37-43(23,34)41-16-11(5-38-44(35,45)42-17)39-21(13(16)24)32-8-30-15-19(25)27-6-28-20(15)32/h2,6-8,11-13,16-18,21-22H,3-5H2,1H3,(H,35,45)(H2,25,27,28)/t11-,12-,13?,16+,17?,18+,21-,22-,43?,44?/m1/s1. The summed E-state index contributed by atoms with van der Waals surface area (Å²) in [6.07, 6.45) is -5.37. The number of nitrogens with zero attached hydrogens (tertiary/aromatic N) is 7. The number of hydrogen-bond acceptors (Lipinski definition) is 16. The average molecular weight is 684 g/mol. The molecule has 0 aromatic carbocycles. The van der Waals surface area contributed by atoms with Crippen molar-refractivity contribution in [2.75, 3.05) is 32.6 Å². The van der Waals surface area contributed by atoms with Gasteiger partial charge in [0.2, 0.25) is 13.3 Å². The summed E-state index contributed by atoms with van der Waals surface area (Å²) in [6.45, 7) is -5.27. The average Bonchev–Trinajstić information content (AvgIpc) is 3.75. The maximum Gasteiger partial charge on any atom is 0.325 e. The molecule has 0 bridgehead atoms. The second kappa shape index (κ2) is 11.6. The van der Waals surface area contributed by atoms with Gasteiger partial charge in [0.25, 0.3) is 7.47 Å². The number of alkyl halides is 1. The molecule has 0 saturated carbocycles. The number of nitrogen functional groups attached to an aromatic ring is 1. The highest BCUT2D eigenvalue weighted by Gasteiger charge is 2.53. The first-order valence-corrected chi connectivity index (χ1v) is 17.5. The van der Waals surface area contributed by atoms with Crippen LogP contribution < -0.4 is 5.73 Å². The lowest BCUT2D eigenvalue weighted by Crippen LogP contribution is -2.39. The molecular formula is C22H24BFN8O10P2S. The highest BCUT2D eigenvalue weighted by atomic mass is 32.5. The number of Topliss-reactive ketones (excluding diaryl/α,β-unsaturated/α-hetero) is 1. The van der Waals surface area contributed by atoms with Gasteiger partial charge in [-0.3, -0.25) is 28.0 Å². The molecule has 0 spiro atoms. The number of ketones is 1. The second-order valence-corrected chi connectivity index (χ2v) is 14.7. The van der Waals surface area contributed by atoms with Crippen molar-refractivity contribution in [3.63, 3.8) is 0 Å². The summed E-state index contributed by atoms with van der Waals surface area (Å²) in [4.78, 5) is 43.7. The van der Waals surface area contributed by atoms with E-state index >= 15 is 4.39 Å².